The number of hydrogen-bond donors (Lipinski definition) is 2. The topological polar surface area (TPSA) is 64.6 Å². The third kappa shape index (κ3) is 5.14. The average molecular weight is 631 g/mol. The summed E-state index contributed by atoms with van der Waals surface area (Å²) in [4.78, 5) is 2.27. The maximum absolute atomic E-state index is 9.19. The summed E-state index contributed by atoms with van der Waals surface area (Å²) in [5, 5.41) is 18.1. The first-order valence-corrected chi connectivity index (χ1v) is 16.3. The van der Waals surface area contributed by atoms with Crippen molar-refractivity contribution < 1.29 is 4.42 Å². The smallest absolute Gasteiger partial charge is 0.137 e. The second-order valence-corrected chi connectivity index (χ2v) is 12.1. The number of hydrogen-bond acceptors (Lipinski definition) is 5. The monoisotopic (exact) mass is 630 g/mol. The number of rotatable bonds is 6. The van der Waals surface area contributed by atoms with Gasteiger partial charge < -0.3 is 9.32 Å². The lowest BCUT2D eigenvalue weighted by molar-refractivity contribution is 0.669. The van der Waals surface area contributed by atoms with E-state index in [-0.39, 0.29) is 0 Å². The van der Waals surface area contributed by atoms with Crippen molar-refractivity contribution in [3.05, 3.63) is 175 Å². The Kier molecular flexibility index (Phi) is 6.87. The highest BCUT2D eigenvalue weighted by Crippen LogP contribution is 2.40. The molecule has 0 bridgehead atoms. The molecular weight excluding hydrogens is 601 g/mol. The van der Waals surface area contributed by atoms with Crippen molar-refractivity contribution in [2.75, 3.05) is 10.3 Å². The lowest BCUT2D eigenvalue weighted by Crippen LogP contribution is -2.18. The molecule has 8 aromatic rings. The third-order valence-electron chi connectivity index (χ3n) is 9.13. The summed E-state index contributed by atoms with van der Waals surface area (Å²) >= 11 is 0. The zero-order valence-corrected chi connectivity index (χ0v) is 26.5. The largest absolute Gasteiger partial charge is 0.456 e. The van der Waals surface area contributed by atoms with Crippen LogP contribution in [0.4, 0.5) is 22.7 Å². The highest BCUT2D eigenvalue weighted by atomic mass is 16.3. The number of benzene rings is 7. The molecule has 2 N–H and O–H groups in total. The molecule has 232 valence electrons. The molecule has 0 atom stereocenters. The van der Waals surface area contributed by atoms with Crippen molar-refractivity contribution in [2.24, 2.45) is 5.10 Å². The van der Waals surface area contributed by atoms with E-state index in [0.717, 1.165) is 77.7 Å². The summed E-state index contributed by atoms with van der Waals surface area (Å²) in [5.41, 5.74) is 13.9. The van der Waals surface area contributed by atoms with Crippen molar-refractivity contribution in [1.82, 2.24) is 0 Å². The molecule has 0 spiro atoms. The number of para-hydroxylation sites is 3. The Morgan fingerprint density at radius 3 is 2.12 bits per heavy atom. The number of nitrogens with one attached hydrogen (secondary N) is 2. The Morgan fingerprint density at radius 2 is 1.24 bits per heavy atom. The second-order valence-electron chi connectivity index (χ2n) is 12.1. The lowest BCUT2D eigenvalue weighted by atomic mass is 9.88. The first-order valence-electron chi connectivity index (χ1n) is 16.3. The van der Waals surface area contributed by atoms with Gasteiger partial charge in [-0.05, 0) is 94.2 Å². The van der Waals surface area contributed by atoms with Crippen molar-refractivity contribution in [3.8, 4) is 11.1 Å². The second kappa shape index (κ2) is 11.8. The standard InChI is InChI=1S/C44H30N4O/c45-44-40(47-46-33-11-3-1-4-12-33)25-22-30-20-18-29-19-21-32(27-39(29)43(30)44)31-10-9-15-35(26-31)48(34-13-5-2-6-14-34)36-23-24-38-37-16-7-8-17-41(37)49-42(38)28-36/h1-28,45-46H/b45-44?,47-40-. The molecule has 9 rings (SSSR count). The summed E-state index contributed by atoms with van der Waals surface area (Å²) in [6.45, 7) is 0. The van der Waals surface area contributed by atoms with Crippen molar-refractivity contribution in [3.63, 3.8) is 0 Å². The SMILES string of the molecule is N=C1/C(=N\Nc2ccccc2)C=Cc2ccc3ccc(-c4cccc(N(c5ccccc5)c5ccc6c(c5)oc5ccccc56)c4)cc3c21. The molecule has 5 nitrogen and oxygen atoms in total. The fourth-order valence-corrected chi connectivity index (χ4v) is 6.75. The van der Waals surface area contributed by atoms with Crippen LogP contribution in [0.3, 0.4) is 0 Å². The molecule has 0 saturated heterocycles. The molecule has 5 heteroatoms. The maximum Gasteiger partial charge on any atom is 0.137 e. The van der Waals surface area contributed by atoms with Crippen molar-refractivity contribution in [1.29, 1.82) is 5.41 Å². The van der Waals surface area contributed by atoms with Crippen LogP contribution in [0.1, 0.15) is 11.1 Å². The zero-order valence-electron chi connectivity index (χ0n) is 26.5. The van der Waals surface area contributed by atoms with Gasteiger partial charge in [0.15, 0.2) is 0 Å². The quantitative estimate of drug-likeness (QED) is 0.180. The molecule has 7 aromatic carbocycles. The maximum atomic E-state index is 9.19. The molecule has 1 aliphatic carbocycles. The molecule has 0 amide bonds. The Balaban J connectivity index is 1.12. The minimum absolute atomic E-state index is 0.397. The van der Waals surface area contributed by atoms with E-state index in [4.69, 9.17) is 4.42 Å². The van der Waals surface area contributed by atoms with Gasteiger partial charge in [0.05, 0.1) is 11.4 Å². The van der Waals surface area contributed by atoms with Gasteiger partial charge in [0.1, 0.15) is 16.9 Å². The van der Waals surface area contributed by atoms with E-state index >= 15 is 0 Å². The molecule has 0 unspecified atom stereocenters. The van der Waals surface area contributed by atoms with E-state index < -0.39 is 0 Å². The van der Waals surface area contributed by atoms with Gasteiger partial charge in [0.2, 0.25) is 0 Å². The first-order chi connectivity index (χ1) is 24.2. The predicted molar refractivity (Wildman–Crippen MR) is 205 cm³/mol. The van der Waals surface area contributed by atoms with Crippen molar-refractivity contribution >= 4 is 73.0 Å². The Hall–Kier alpha value is -6.72. The number of anilines is 4. The zero-order chi connectivity index (χ0) is 32.7. The average Bonchev–Trinajstić information content (AvgIpc) is 3.53. The van der Waals surface area contributed by atoms with Crippen LogP contribution >= 0.6 is 0 Å². The summed E-state index contributed by atoms with van der Waals surface area (Å²) in [6, 6.07) is 54.2. The van der Waals surface area contributed by atoms with Crippen LogP contribution in [-0.4, -0.2) is 11.4 Å². The van der Waals surface area contributed by atoms with Crippen LogP contribution < -0.4 is 10.3 Å². The van der Waals surface area contributed by atoms with E-state index in [1.807, 2.05) is 66.7 Å². The van der Waals surface area contributed by atoms with Gasteiger partial charge >= 0.3 is 0 Å². The fourth-order valence-electron chi connectivity index (χ4n) is 6.75. The Morgan fingerprint density at radius 1 is 0.531 bits per heavy atom. The third-order valence-corrected chi connectivity index (χ3v) is 9.13. The molecule has 1 heterocycles. The first kappa shape index (κ1) is 28.5. The highest BCUT2D eigenvalue weighted by Gasteiger charge is 2.20. The summed E-state index contributed by atoms with van der Waals surface area (Å²) in [5.74, 6) is 0. The highest BCUT2D eigenvalue weighted by molar-refractivity contribution is 6.55. The van der Waals surface area contributed by atoms with E-state index in [1.165, 1.54) is 0 Å². The predicted octanol–water partition coefficient (Wildman–Crippen LogP) is 11.7. The molecular formula is C44H30N4O. The van der Waals surface area contributed by atoms with Crippen LogP contribution in [-0.2, 0) is 0 Å². The van der Waals surface area contributed by atoms with Gasteiger partial charge in [-0.3, -0.25) is 10.8 Å². The summed E-state index contributed by atoms with van der Waals surface area (Å²) in [7, 11) is 0. The van der Waals surface area contributed by atoms with E-state index in [1.54, 1.807) is 0 Å². The molecule has 1 aliphatic rings. The van der Waals surface area contributed by atoms with Crippen LogP contribution in [0, 0.1) is 5.41 Å². The van der Waals surface area contributed by atoms with Gasteiger partial charge in [-0.1, -0.05) is 97.1 Å². The number of nitrogens with zero attached hydrogens (tertiary/aromatic N) is 2. The lowest BCUT2D eigenvalue weighted by Gasteiger charge is -2.26. The van der Waals surface area contributed by atoms with Gasteiger partial charge in [-0.25, -0.2) is 0 Å². The minimum atomic E-state index is 0.397. The molecule has 0 aliphatic heterocycles. The Bertz CT molecular complexity index is 2600. The van der Waals surface area contributed by atoms with E-state index in [2.05, 4.69) is 119 Å². The minimum Gasteiger partial charge on any atom is -0.456 e. The number of allylic oxidation sites excluding steroid dienone is 1. The summed E-state index contributed by atoms with van der Waals surface area (Å²) < 4.78 is 6.29. The van der Waals surface area contributed by atoms with E-state index in [0.29, 0.717) is 11.4 Å². The van der Waals surface area contributed by atoms with Crippen molar-refractivity contribution in [2.45, 2.75) is 0 Å². The molecule has 0 fully saturated rings. The van der Waals surface area contributed by atoms with Crippen LogP contribution in [0.25, 0.3) is 49.9 Å². The molecule has 0 radical (unpaired) electrons. The number of furan rings is 1. The van der Waals surface area contributed by atoms with Crippen LogP contribution in [0.15, 0.2) is 173 Å². The number of hydrazone groups is 1. The van der Waals surface area contributed by atoms with Gasteiger partial charge in [0.25, 0.3) is 0 Å². The van der Waals surface area contributed by atoms with Gasteiger partial charge in [0, 0.05) is 39.5 Å². The Labute approximate surface area is 283 Å². The van der Waals surface area contributed by atoms with E-state index in [9.17, 15) is 5.41 Å². The van der Waals surface area contributed by atoms with Crippen LogP contribution in [0.5, 0.6) is 0 Å². The fraction of sp³-hybridized carbons (Fsp3) is 0. The molecule has 49 heavy (non-hydrogen) atoms. The summed E-state index contributed by atoms with van der Waals surface area (Å²) in [6.07, 6.45) is 3.95. The van der Waals surface area contributed by atoms with Gasteiger partial charge in [-0.15, -0.1) is 0 Å². The number of fused-ring (bicyclic) bond motifs is 6. The molecule has 1 aromatic heterocycles. The molecule has 0 saturated carbocycles. The van der Waals surface area contributed by atoms with Gasteiger partial charge in [-0.2, -0.15) is 5.10 Å². The van der Waals surface area contributed by atoms with Crippen LogP contribution in [0.2, 0.25) is 0 Å². The normalized spacial score (nSPS) is 13.3.